The third-order valence-corrected chi connectivity index (χ3v) is 5.77. The Bertz CT molecular complexity index is 1000. The summed E-state index contributed by atoms with van der Waals surface area (Å²) >= 11 is 1.33. The molecule has 0 bridgehead atoms. The summed E-state index contributed by atoms with van der Waals surface area (Å²) in [6.45, 7) is 4.76. The maximum absolute atomic E-state index is 13.2. The minimum absolute atomic E-state index is 0.0781. The van der Waals surface area contributed by atoms with Crippen LogP contribution in [0.25, 0.3) is 10.6 Å². The summed E-state index contributed by atoms with van der Waals surface area (Å²) in [7, 11) is 3.17. The Labute approximate surface area is 173 Å². The van der Waals surface area contributed by atoms with Crippen LogP contribution in [0.5, 0.6) is 11.5 Å². The SMILES string of the molecule is CCN(Cc1ccc(OC)c(OC)c1)C(=O)c1sc(-c2ccc(F)cc2)nc1C. The minimum Gasteiger partial charge on any atom is -0.493 e. The first-order chi connectivity index (χ1) is 14.0. The average Bonchev–Trinajstić information content (AvgIpc) is 3.13. The van der Waals surface area contributed by atoms with Crippen molar-refractivity contribution in [2.45, 2.75) is 20.4 Å². The van der Waals surface area contributed by atoms with Crippen molar-refractivity contribution in [2.24, 2.45) is 0 Å². The van der Waals surface area contributed by atoms with Gasteiger partial charge in [0.1, 0.15) is 15.7 Å². The molecule has 152 valence electrons. The van der Waals surface area contributed by atoms with Crippen LogP contribution >= 0.6 is 11.3 Å². The van der Waals surface area contributed by atoms with Crippen molar-refractivity contribution in [3.8, 4) is 22.1 Å². The molecule has 0 fully saturated rings. The van der Waals surface area contributed by atoms with Crippen LogP contribution in [-0.4, -0.2) is 36.6 Å². The zero-order valence-corrected chi connectivity index (χ0v) is 17.7. The quantitative estimate of drug-likeness (QED) is 0.550. The Morgan fingerprint density at radius 2 is 1.79 bits per heavy atom. The molecule has 0 unspecified atom stereocenters. The lowest BCUT2D eigenvalue weighted by Gasteiger charge is -2.21. The van der Waals surface area contributed by atoms with E-state index in [1.807, 2.05) is 32.0 Å². The molecular weight excluding hydrogens is 391 g/mol. The Hall–Kier alpha value is -2.93. The zero-order chi connectivity index (χ0) is 21.0. The number of hydrogen-bond acceptors (Lipinski definition) is 5. The van der Waals surface area contributed by atoms with Gasteiger partial charge < -0.3 is 14.4 Å². The van der Waals surface area contributed by atoms with Crippen LogP contribution in [0, 0.1) is 12.7 Å². The monoisotopic (exact) mass is 414 g/mol. The molecular formula is C22H23FN2O3S. The molecule has 7 heteroatoms. The predicted octanol–water partition coefficient (Wildman–Crippen LogP) is 4.94. The highest BCUT2D eigenvalue weighted by molar-refractivity contribution is 7.17. The number of hydrogen-bond donors (Lipinski definition) is 0. The Kier molecular flexibility index (Phi) is 6.49. The summed E-state index contributed by atoms with van der Waals surface area (Å²) in [5, 5.41) is 0.702. The number of aryl methyl sites for hydroxylation is 1. The fourth-order valence-electron chi connectivity index (χ4n) is 2.98. The first-order valence-electron chi connectivity index (χ1n) is 9.20. The van der Waals surface area contributed by atoms with Crippen molar-refractivity contribution in [3.05, 3.63) is 64.4 Å². The topological polar surface area (TPSA) is 51.7 Å². The molecule has 5 nitrogen and oxygen atoms in total. The van der Waals surface area contributed by atoms with Gasteiger partial charge in [-0.1, -0.05) is 6.07 Å². The minimum atomic E-state index is -0.301. The molecule has 1 amide bonds. The van der Waals surface area contributed by atoms with E-state index in [9.17, 15) is 9.18 Å². The standard InChI is InChI=1S/C22H23FN2O3S/c1-5-25(13-15-6-11-18(27-3)19(12-15)28-4)22(26)20-14(2)24-21(29-20)16-7-9-17(23)10-8-16/h6-12H,5,13H2,1-4H3. The molecule has 0 spiro atoms. The summed E-state index contributed by atoms with van der Waals surface area (Å²) in [6, 6.07) is 11.7. The van der Waals surface area contributed by atoms with Gasteiger partial charge in [-0.25, -0.2) is 9.37 Å². The summed E-state index contributed by atoms with van der Waals surface area (Å²) < 4.78 is 23.8. The highest BCUT2D eigenvalue weighted by atomic mass is 32.1. The van der Waals surface area contributed by atoms with E-state index < -0.39 is 0 Å². The lowest BCUT2D eigenvalue weighted by Crippen LogP contribution is -2.30. The zero-order valence-electron chi connectivity index (χ0n) is 16.9. The summed E-state index contributed by atoms with van der Waals surface area (Å²) in [5.41, 5.74) is 2.41. The molecule has 0 saturated heterocycles. The van der Waals surface area contributed by atoms with Gasteiger partial charge >= 0.3 is 0 Å². The van der Waals surface area contributed by atoms with Gasteiger partial charge in [0.05, 0.1) is 19.9 Å². The van der Waals surface area contributed by atoms with Gasteiger partial charge in [-0.3, -0.25) is 4.79 Å². The van der Waals surface area contributed by atoms with Crippen LogP contribution in [-0.2, 0) is 6.54 Å². The van der Waals surface area contributed by atoms with E-state index >= 15 is 0 Å². The van der Waals surface area contributed by atoms with Gasteiger partial charge in [-0.15, -0.1) is 11.3 Å². The number of ether oxygens (including phenoxy) is 2. The molecule has 0 N–H and O–H groups in total. The summed E-state index contributed by atoms with van der Waals surface area (Å²) in [5.74, 6) is 0.894. The van der Waals surface area contributed by atoms with E-state index in [2.05, 4.69) is 4.98 Å². The van der Waals surface area contributed by atoms with Crippen molar-refractivity contribution in [1.29, 1.82) is 0 Å². The summed E-state index contributed by atoms with van der Waals surface area (Å²) in [6.07, 6.45) is 0. The number of rotatable bonds is 7. The van der Waals surface area contributed by atoms with E-state index in [0.717, 1.165) is 11.1 Å². The van der Waals surface area contributed by atoms with E-state index in [1.165, 1.54) is 23.5 Å². The first kappa shape index (κ1) is 20.8. The second-order valence-electron chi connectivity index (χ2n) is 6.45. The Balaban J connectivity index is 1.83. The highest BCUT2D eigenvalue weighted by Gasteiger charge is 2.22. The van der Waals surface area contributed by atoms with Gasteiger partial charge in [0.25, 0.3) is 5.91 Å². The third-order valence-electron chi connectivity index (χ3n) is 4.57. The van der Waals surface area contributed by atoms with Gasteiger partial charge in [0.15, 0.2) is 11.5 Å². The van der Waals surface area contributed by atoms with E-state index in [-0.39, 0.29) is 11.7 Å². The van der Waals surface area contributed by atoms with Gasteiger partial charge in [0.2, 0.25) is 0 Å². The van der Waals surface area contributed by atoms with E-state index in [4.69, 9.17) is 9.47 Å². The number of nitrogens with zero attached hydrogens (tertiary/aromatic N) is 2. The lowest BCUT2D eigenvalue weighted by atomic mass is 10.1. The molecule has 0 aliphatic rings. The van der Waals surface area contributed by atoms with Crippen LogP contribution in [0.3, 0.4) is 0 Å². The van der Waals surface area contributed by atoms with Crippen molar-refractivity contribution in [3.63, 3.8) is 0 Å². The van der Waals surface area contributed by atoms with Gasteiger partial charge in [-0.2, -0.15) is 0 Å². The number of thiazole rings is 1. The number of methoxy groups -OCH3 is 2. The van der Waals surface area contributed by atoms with Gasteiger partial charge in [0, 0.05) is 18.7 Å². The van der Waals surface area contributed by atoms with Crippen LogP contribution in [0.1, 0.15) is 27.9 Å². The number of benzene rings is 2. The molecule has 1 aromatic heterocycles. The molecule has 3 rings (SSSR count). The number of aromatic nitrogens is 1. The Morgan fingerprint density at radius 1 is 1.10 bits per heavy atom. The predicted molar refractivity (Wildman–Crippen MR) is 112 cm³/mol. The number of amides is 1. The van der Waals surface area contributed by atoms with Crippen molar-refractivity contribution in [1.82, 2.24) is 9.88 Å². The van der Waals surface area contributed by atoms with Crippen molar-refractivity contribution >= 4 is 17.2 Å². The first-order valence-corrected chi connectivity index (χ1v) is 10.0. The highest BCUT2D eigenvalue weighted by Crippen LogP contribution is 2.31. The van der Waals surface area contributed by atoms with Gasteiger partial charge in [-0.05, 0) is 55.8 Å². The van der Waals surface area contributed by atoms with Crippen LogP contribution in [0.4, 0.5) is 4.39 Å². The van der Waals surface area contributed by atoms with E-state index in [1.54, 1.807) is 31.3 Å². The van der Waals surface area contributed by atoms with Crippen LogP contribution in [0.2, 0.25) is 0 Å². The average molecular weight is 415 g/mol. The maximum Gasteiger partial charge on any atom is 0.266 e. The molecule has 3 aromatic rings. The van der Waals surface area contributed by atoms with Crippen molar-refractivity contribution < 1.29 is 18.7 Å². The third kappa shape index (κ3) is 4.56. The maximum atomic E-state index is 13.2. The van der Waals surface area contributed by atoms with Crippen molar-refractivity contribution in [2.75, 3.05) is 20.8 Å². The second kappa shape index (κ2) is 9.05. The van der Waals surface area contributed by atoms with Crippen LogP contribution in [0.15, 0.2) is 42.5 Å². The number of carbonyl (C=O) groups excluding carboxylic acids is 1. The molecule has 0 atom stereocenters. The molecule has 0 aliphatic carbocycles. The molecule has 0 saturated carbocycles. The molecule has 0 radical (unpaired) electrons. The number of carbonyl (C=O) groups is 1. The largest absolute Gasteiger partial charge is 0.493 e. The normalized spacial score (nSPS) is 10.7. The van der Waals surface area contributed by atoms with E-state index in [0.29, 0.717) is 40.2 Å². The smallest absolute Gasteiger partial charge is 0.266 e. The lowest BCUT2D eigenvalue weighted by molar-refractivity contribution is 0.0756. The Morgan fingerprint density at radius 3 is 2.41 bits per heavy atom. The summed E-state index contributed by atoms with van der Waals surface area (Å²) in [4.78, 5) is 20.0. The molecule has 29 heavy (non-hydrogen) atoms. The fourth-order valence-corrected chi connectivity index (χ4v) is 4.02. The second-order valence-corrected chi connectivity index (χ2v) is 7.45. The molecule has 0 aliphatic heterocycles. The van der Waals surface area contributed by atoms with Crippen LogP contribution < -0.4 is 9.47 Å². The molecule has 2 aromatic carbocycles. The number of halogens is 1. The fraction of sp³-hybridized carbons (Fsp3) is 0.273. The molecule has 1 heterocycles.